The van der Waals surface area contributed by atoms with Crippen LogP contribution in [0, 0.1) is 0 Å². The molecule has 0 bridgehead atoms. The molecule has 0 saturated carbocycles. The van der Waals surface area contributed by atoms with E-state index in [0.29, 0.717) is 0 Å². The molecule has 0 aromatic carbocycles. The highest BCUT2D eigenvalue weighted by atomic mass is 19.4. The van der Waals surface area contributed by atoms with Gasteiger partial charge in [-0.2, -0.15) is 13.2 Å². The molecule has 0 aromatic heterocycles. The first kappa shape index (κ1) is 15.8. The second kappa shape index (κ2) is 8.85. The van der Waals surface area contributed by atoms with Gasteiger partial charge in [0.2, 0.25) is 0 Å². The van der Waals surface area contributed by atoms with Crippen molar-refractivity contribution in [3.63, 3.8) is 0 Å². The van der Waals surface area contributed by atoms with Crippen molar-refractivity contribution >= 4 is 0 Å². The summed E-state index contributed by atoms with van der Waals surface area (Å²) < 4.78 is 36.2. The van der Waals surface area contributed by atoms with E-state index in [0.717, 1.165) is 32.2 Å². The lowest BCUT2D eigenvalue weighted by molar-refractivity contribution is -0.136. The Hall–Kier alpha value is -0.250. The normalized spacial score (nSPS) is 14.1. The van der Waals surface area contributed by atoms with E-state index < -0.39 is 12.6 Å². The molecule has 16 heavy (non-hydrogen) atoms. The highest BCUT2D eigenvalue weighted by Crippen LogP contribution is 2.23. The first-order chi connectivity index (χ1) is 7.49. The fourth-order valence-electron chi connectivity index (χ4n) is 1.79. The van der Waals surface area contributed by atoms with Crippen molar-refractivity contribution in [2.24, 2.45) is 0 Å². The van der Waals surface area contributed by atoms with Crippen molar-refractivity contribution in [3.8, 4) is 0 Å². The van der Waals surface area contributed by atoms with Gasteiger partial charge in [-0.1, -0.05) is 39.5 Å². The van der Waals surface area contributed by atoms with E-state index in [4.69, 9.17) is 0 Å². The first-order valence-electron chi connectivity index (χ1n) is 6.29. The highest BCUT2D eigenvalue weighted by molar-refractivity contribution is 4.68. The number of nitrogens with one attached hydrogen (secondary N) is 1. The van der Waals surface area contributed by atoms with Gasteiger partial charge in [-0.15, -0.1) is 0 Å². The second-order valence-corrected chi connectivity index (χ2v) is 4.26. The Labute approximate surface area is 96.8 Å². The molecule has 1 N–H and O–H groups in total. The van der Waals surface area contributed by atoms with Crippen molar-refractivity contribution < 1.29 is 13.2 Å². The number of rotatable bonds is 9. The first-order valence-corrected chi connectivity index (χ1v) is 6.29. The molecule has 4 heteroatoms. The minimum Gasteiger partial charge on any atom is -0.314 e. The van der Waals surface area contributed by atoms with Crippen molar-refractivity contribution in [2.45, 2.75) is 71.0 Å². The summed E-state index contributed by atoms with van der Waals surface area (Å²) in [6.45, 7) is 4.81. The molecule has 0 aliphatic heterocycles. The predicted molar refractivity (Wildman–Crippen MR) is 61.5 cm³/mol. The van der Waals surface area contributed by atoms with Crippen LogP contribution in [0.2, 0.25) is 0 Å². The molecule has 1 unspecified atom stereocenters. The molecule has 0 aliphatic carbocycles. The molecule has 0 aromatic rings. The van der Waals surface area contributed by atoms with Crippen LogP contribution in [-0.2, 0) is 0 Å². The van der Waals surface area contributed by atoms with E-state index in [2.05, 4.69) is 12.2 Å². The average molecular weight is 239 g/mol. The van der Waals surface area contributed by atoms with Crippen LogP contribution < -0.4 is 5.32 Å². The van der Waals surface area contributed by atoms with Gasteiger partial charge in [0.15, 0.2) is 0 Å². The summed E-state index contributed by atoms with van der Waals surface area (Å²) in [6, 6.07) is 0.0310. The standard InChI is InChI=1S/C12H24F3N/c1-3-5-6-7-8-11(16-4-2)9-10-12(13,14)15/h11,16H,3-10H2,1-2H3. The molecule has 98 valence electrons. The molecular formula is C12H24F3N. The number of halogens is 3. The Balaban J connectivity index is 3.70. The molecule has 0 saturated heterocycles. The number of alkyl halides is 3. The minimum atomic E-state index is -4.02. The largest absolute Gasteiger partial charge is 0.389 e. The lowest BCUT2D eigenvalue weighted by Crippen LogP contribution is -2.30. The Kier molecular flexibility index (Phi) is 8.71. The summed E-state index contributed by atoms with van der Waals surface area (Å²) in [7, 11) is 0. The lowest BCUT2D eigenvalue weighted by atomic mass is 10.0. The van der Waals surface area contributed by atoms with Gasteiger partial charge in [-0.05, 0) is 19.4 Å². The Morgan fingerprint density at radius 2 is 1.69 bits per heavy atom. The van der Waals surface area contributed by atoms with E-state index in [-0.39, 0.29) is 12.5 Å². The van der Waals surface area contributed by atoms with Crippen LogP contribution in [0.25, 0.3) is 0 Å². The monoisotopic (exact) mass is 239 g/mol. The van der Waals surface area contributed by atoms with E-state index in [1.807, 2.05) is 6.92 Å². The van der Waals surface area contributed by atoms with Crippen LogP contribution >= 0.6 is 0 Å². The molecule has 0 aliphatic rings. The van der Waals surface area contributed by atoms with Crippen LogP contribution in [0.3, 0.4) is 0 Å². The van der Waals surface area contributed by atoms with Gasteiger partial charge in [0.05, 0.1) is 0 Å². The highest BCUT2D eigenvalue weighted by Gasteiger charge is 2.27. The lowest BCUT2D eigenvalue weighted by Gasteiger charge is -2.18. The van der Waals surface area contributed by atoms with Gasteiger partial charge in [0, 0.05) is 12.5 Å². The summed E-state index contributed by atoms with van der Waals surface area (Å²) in [6.07, 6.45) is 0.892. The van der Waals surface area contributed by atoms with Crippen molar-refractivity contribution in [1.82, 2.24) is 5.32 Å². The van der Waals surface area contributed by atoms with E-state index in [1.165, 1.54) is 6.42 Å². The van der Waals surface area contributed by atoms with Gasteiger partial charge in [0.1, 0.15) is 0 Å². The number of hydrogen-bond acceptors (Lipinski definition) is 1. The van der Waals surface area contributed by atoms with E-state index >= 15 is 0 Å². The molecule has 0 heterocycles. The van der Waals surface area contributed by atoms with Gasteiger partial charge < -0.3 is 5.32 Å². The zero-order chi connectivity index (χ0) is 12.4. The summed E-state index contributed by atoms with van der Waals surface area (Å²) in [5.74, 6) is 0. The van der Waals surface area contributed by atoms with Crippen molar-refractivity contribution in [3.05, 3.63) is 0 Å². The Morgan fingerprint density at radius 3 is 2.19 bits per heavy atom. The molecule has 0 amide bonds. The summed E-state index contributed by atoms with van der Waals surface area (Å²) in [4.78, 5) is 0. The molecule has 1 nitrogen and oxygen atoms in total. The van der Waals surface area contributed by atoms with Crippen LogP contribution in [-0.4, -0.2) is 18.8 Å². The fraction of sp³-hybridized carbons (Fsp3) is 1.00. The van der Waals surface area contributed by atoms with Crippen molar-refractivity contribution in [2.75, 3.05) is 6.54 Å². The Morgan fingerprint density at radius 1 is 1.00 bits per heavy atom. The summed E-state index contributed by atoms with van der Waals surface area (Å²) in [5.41, 5.74) is 0. The molecule has 1 atom stereocenters. The van der Waals surface area contributed by atoms with Crippen LogP contribution in [0.4, 0.5) is 13.2 Å². The summed E-state index contributed by atoms with van der Waals surface area (Å²) in [5, 5.41) is 3.13. The third-order valence-corrected chi connectivity index (χ3v) is 2.68. The van der Waals surface area contributed by atoms with E-state index in [1.54, 1.807) is 0 Å². The summed E-state index contributed by atoms with van der Waals surface area (Å²) >= 11 is 0. The molecule has 0 fully saturated rings. The average Bonchev–Trinajstić information content (AvgIpc) is 2.19. The molecule has 0 spiro atoms. The second-order valence-electron chi connectivity index (χ2n) is 4.26. The van der Waals surface area contributed by atoms with Gasteiger partial charge >= 0.3 is 6.18 Å². The predicted octanol–water partition coefficient (Wildman–Crippen LogP) is 4.28. The van der Waals surface area contributed by atoms with Gasteiger partial charge in [-0.3, -0.25) is 0 Å². The minimum absolute atomic E-state index is 0.0310. The van der Waals surface area contributed by atoms with Gasteiger partial charge in [0.25, 0.3) is 0 Å². The maximum Gasteiger partial charge on any atom is 0.389 e. The maximum atomic E-state index is 12.1. The van der Waals surface area contributed by atoms with E-state index in [9.17, 15) is 13.2 Å². The third-order valence-electron chi connectivity index (χ3n) is 2.68. The van der Waals surface area contributed by atoms with Crippen LogP contribution in [0.1, 0.15) is 58.8 Å². The van der Waals surface area contributed by atoms with Crippen molar-refractivity contribution in [1.29, 1.82) is 0 Å². The maximum absolute atomic E-state index is 12.1. The quantitative estimate of drug-likeness (QED) is 0.592. The molecule has 0 radical (unpaired) electrons. The topological polar surface area (TPSA) is 12.0 Å². The van der Waals surface area contributed by atoms with Gasteiger partial charge in [-0.25, -0.2) is 0 Å². The molecule has 0 rings (SSSR count). The fourth-order valence-corrected chi connectivity index (χ4v) is 1.79. The van der Waals surface area contributed by atoms with Crippen LogP contribution in [0.15, 0.2) is 0 Å². The van der Waals surface area contributed by atoms with Crippen LogP contribution in [0.5, 0.6) is 0 Å². The molecular weight excluding hydrogens is 215 g/mol. The smallest absolute Gasteiger partial charge is 0.314 e. The zero-order valence-electron chi connectivity index (χ0n) is 10.4. The number of unbranched alkanes of at least 4 members (excludes halogenated alkanes) is 3. The SMILES string of the molecule is CCCCCCC(CCC(F)(F)F)NCC. The Bertz CT molecular complexity index is 157. The number of hydrogen-bond donors (Lipinski definition) is 1. The third kappa shape index (κ3) is 10.3. The zero-order valence-corrected chi connectivity index (χ0v) is 10.4.